The molecule has 7 heteroatoms. The van der Waals surface area contributed by atoms with Gasteiger partial charge < -0.3 is 13.7 Å². The van der Waals surface area contributed by atoms with E-state index >= 15 is 0 Å². The van der Waals surface area contributed by atoms with Crippen molar-refractivity contribution >= 4 is 40.6 Å². The van der Waals surface area contributed by atoms with Crippen molar-refractivity contribution in [2.24, 2.45) is 5.10 Å². The van der Waals surface area contributed by atoms with Crippen molar-refractivity contribution in [2.75, 3.05) is 18.0 Å². The first-order valence-corrected chi connectivity index (χ1v) is 9.44. The molecule has 1 fully saturated rings. The number of nitrogens with one attached hydrogen (secondary N) is 1. The standard InChI is InChI=1S/C20H20ClN3O3/c21-15-5-7-17-14(11-15)12-18(27-17)20(25)23-22-13-16-6-8-19(26-16)24-9-3-1-2-4-10-24/h5-8,11-13H,1-4,9-10H2,(H,23,25)/b22-13+. The average molecular weight is 386 g/mol. The minimum atomic E-state index is -0.433. The molecule has 1 aliphatic heterocycles. The molecule has 27 heavy (non-hydrogen) atoms. The van der Waals surface area contributed by atoms with E-state index in [1.807, 2.05) is 12.1 Å². The number of anilines is 1. The zero-order chi connectivity index (χ0) is 18.6. The van der Waals surface area contributed by atoms with E-state index in [2.05, 4.69) is 15.4 Å². The Balaban J connectivity index is 1.38. The second-order valence-electron chi connectivity index (χ2n) is 6.57. The third-order valence-electron chi connectivity index (χ3n) is 4.59. The van der Waals surface area contributed by atoms with Crippen LogP contribution in [0, 0.1) is 0 Å². The van der Waals surface area contributed by atoms with Gasteiger partial charge >= 0.3 is 5.91 Å². The zero-order valence-corrected chi connectivity index (χ0v) is 15.5. The van der Waals surface area contributed by atoms with Crippen LogP contribution in [0.2, 0.25) is 5.02 Å². The fourth-order valence-electron chi connectivity index (χ4n) is 3.21. The van der Waals surface area contributed by atoms with Crippen LogP contribution in [0.5, 0.6) is 0 Å². The number of furan rings is 2. The van der Waals surface area contributed by atoms with E-state index in [1.165, 1.54) is 31.9 Å². The third-order valence-corrected chi connectivity index (χ3v) is 4.83. The molecule has 1 amide bonds. The summed E-state index contributed by atoms with van der Waals surface area (Å²) in [7, 11) is 0. The molecule has 0 saturated carbocycles. The molecule has 3 aromatic rings. The minimum absolute atomic E-state index is 0.175. The number of nitrogens with zero attached hydrogens (tertiary/aromatic N) is 2. The lowest BCUT2D eigenvalue weighted by Gasteiger charge is -2.18. The van der Waals surface area contributed by atoms with E-state index in [-0.39, 0.29) is 5.76 Å². The molecule has 6 nitrogen and oxygen atoms in total. The molecular formula is C20H20ClN3O3. The lowest BCUT2D eigenvalue weighted by atomic mass is 10.2. The Morgan fingerprint density at radius 1 is 1.07 bits per heavy atom. The normalized spacial score (nSPS) is 15.4. The highest BCUT2D eigenvalue weighted by molar-refractivity contribution is 6.31. The van der Waals surface area contributed by atoms with E-state index < -0.39 is 5.91 Å². The molecule has 140 valence electrons. The molecule has 0 spiro atoms. The first-order valence-electron chi connectivity index (χ1n) is 9.06. The Kier molecular flexibility index (Phi) is 5.16. The predicted molar refractivity (Wildman–Crippen MR) is 106 cm³/mol. The topological polar surface area (TPSA) is 71.0 Å². The fourth-order valence-corrected chi connectivity index (χ4v) is 3.39. The summed E-state index contributed by atoms with van der Waals surface area (Å²) in [6.45, 7) is 2.02. The van der Waals surface area contributed by atoms with Gasteiger partial charge in [0.25, 0.3) is 0 Å². The van der Waals surface area contributed by atoms with Crippen LogP contribution in [0.3, 0.4) is 0 Å². The Morgan fingerprint density at radius 2 is 1.89 bits per heavy atom. The zero-order valence-electron chi connectivity index (χ0n) is 14.8. The number of halogens is 1. The Morgan fingerprint density at radius 3 is 2.70 bits per heavy atom. The summed E-state index contributed by atoms with van der Waals surface area (Å²) < 4.78 is 11.3. The Bertz CT molecular complexity index is 968. The third kappa shape index (κ3) is 4.17. The summed E-state index contributed by atoms with van der Waals surface area (Å²) in [5.41, 5.74) is 3.05. The summed E-state index contributed by atoms with van der Waals surface area (Å²) in [6.07, 6.45) is 6.39. The van der Waals surface area contributed by atoms with Gasteiger partial charge in [-0.25, -0.2) is 5.43 Å². The summed E-state index contributed by atoms with van der Waals surface area (Å²) in [5.74, 6) is 1.18. The van der Waals surface area contributed by atoms with Gasteiger partial charge in [-0.05, 0) is 43.2 Å². The van der Waals surface area contributed by atoms with Crippen LogP contribution in [0.15, 0.2) is 50.3 Å². The van der Waals surface area contributed by atoms with Gasteiger partial charge in [-0.15, -0.1) is 0 Å². The van der Waals surface area contributed by atoms with Crippen LogP contribution < -0.4 is 10.3 Å². The van der Waals surface area contributed by atoms with E-state index in [1.54, 1.807) is 24.3 Å². The Hall–Kier alpha value is -2.73. The van der Waals surface area contributed by atoms with Gasteiger partial charge in [0.2, 0.25) is 0 Å². The van der Waals surface area contributed by atoms with Crippen molar-refractivity contribution in [3.05, 3.63) is 52.9 Å². The van der Waals surface area contributed by atoms with Crippen LogP contribution in [-0.2, 0) is 0 Å². The van der Waals surface area contributed by atoms with Crippen molar-refractivity contribution in [3.63, 3.8) is 0 Å². The molecular weight excluding hydrogens is 366 g/mol. The number of carbonyl (C=O) groups excluding carboxylic acids is 1. The first-order chi connectivity index (χ1) is 13.2. The van der Waals surface area contributed by atoms with Gasteiger partial charge in [-0.2, -0.15) is 5.10 Å². The number of hydrogen-bond donors (Lipinski definition) is 1. The maximum Gasteiger partial charge on any atom is 0.307 e. The number of carbonyl (C=O) groups is 1. The number of hydrazone groups is 1. The maximum absolute atomic E-state index is 12.2. The molecule has 1 aromatic carbocycles. The molecule has 0 atom stereocenters. The highest BCUT2D eigenvalue weighted by Gasteiger charge is 2.14. The lowest BCUT2D eigenvalue weighted by Crippen LogP contribution is -2.23. The van der Waals surface area contributed by atoms with E-state index in [4.69, 9.17) is 20.4 Å². The lowest BCUT2D eigenvalue weighted by molar-refractivity contribution is 0.0929. The van der Waals surface area contributed by atoms with Crippen molar-refractivity contribution in [3.8, 4) is 0 Å². The summed E-state index contributed by atoms with van der Waals surface area (Å²) in [6, 6.07) is 10.6. The number of fused-ring (bicyclic) bond motifs is 1. The van der Waals surface area contributed by atoms with Crippen molar-refractivity contribution in [1.29, 1.82) is 0 Å². The predicted octanol–water partition coefficient (Wildman–Crippen LogP) is 4.82. The largest absolute Gasteiger partial charge is 0.451 e. The van der Waals surface area contributed by atoms with Gasteiger partial charge in [-0.3, -0.25) is 4.79 Å². The highest BCUT2D eigenvalue weighted by atomic mass is 35.5. The van der Waals surface area contributed by atoms with Crippen LogP contribution in [0.25, 0.3) is 11.0 Å². The van der Waals surface area contributed by atoms with Gasteiger partial charge in [0.1, 0.15) is 11.3 Å². The molecule has 1 N–H and O–H groups in total. The molecule has 0 aliphatic carbocycles. The van der Waals surface area contributed by atoms with Gasteiger partial charge in [0.15, 0.2) is 11.6 Å². The number of benzene rings is 1. The fraction of sp³-hybridized carbons (Fsp3) is 0.300. The smallest absolute Gasteiger partial charge is 0.307 e. The summed E-state index contributed by atoms with van der Waals surface area (Å²) in [5, 5.41) is 5.32. The SMILES string of the molecule is O=C(N/N=C/c1ccc(N2CCCCCC2)o1)c1cc2cc(Cl)ccc2o1. The van der Waals surface area contributed by atoms with Crippen molar-refractivity contribution in [2.45, 2.75) is 25.7 Å². The maximum atomic E-state index is 12.2. The molecule has 4 rings (SSSR count). The van der Waals surface area contributed by atoms with E-state index in [9.17, 15) is 4.79 Å². The van der Waals surface area contributed by atoms with Crippen LogP contribution >= 0.6 is 11.6 Å². The van der Waals surface area contributed by atoms with Crippen LogP contribution in [-0.4, -0.2) is 25.2 Å². The van der Waals surface area contributed by atoms with Crippen LogP contribution in [0.4, 0.5) is 5.88 Å². The van der Waals surface area contributed by atoms with Gasteiger partial charge in [0.05, 0.1) is 6.21 Å². The van der Waals surface area contributed by atoms with E-state index in [0.717, 1.165) is 24.4 Å². The molecule has 1 saturated heterocycles. The van der Waals surface area contributed by atoms with Crippen LogP contribution in [0.1, 0.15) is 42.0 Å². The monoisotopic (exact) mass is 385 g/mol. The molecule has 2 aromatic heterocycles. The first kappa shape index (κ1) is 17.7. The number of rotatable bonds is 4. The second kappa shape index (κ2) is 7.88. The number of hydrogen-bond acceptors (Lipinski definition) is 5. The van der Waals surface area contributed by atoms with E-state index in [0.29, 0.717) is 16.4 Å². The van der Waals surface area contributed by atoms with Crippen molar-refractivity contribution in [1.82, 2.24) is 5.43 Å². The Labute approximate surface area is 161 Å². The molecule has 1 aliphatic rings. The summed E-state index contributed by atoms with van der Waals surface area (Å²) >= 11 is 5.95. The summed E-state index contributed by atoms with van der Waals surface area (Å²) in [4.78, 5) is 14.4. The van der Waals surface area contributed by atoms with Gasteiger partial charge in [0, 0.05) is 29.6 Å². The molecule has 0 radical (unpaired) electrons. The second-order valence-corrected chi connectivity index (χ2v) is 7.01. The molecule has 3 heterocycles. The minimum Gasteiger partial charge on any atom is -0.451 e. The quantitative estimate of drug-likeness (QED) is 0.516. The number of amides is 1. The highest BCUT2D eigenvalue weighted by Crippen LogP contribution is 2.23. The molecule has 0 unspecified atom stereocenters. The van der Waals surface area contributed by atoms with Gasteiger partial charge in [-0.1, -0.05) is 24.4 Å². The molecule has 0 bridgehead atoms. The average Bonchev–Trinajstić information content (AvgIpc) is 3.21. The van der Waals surface area contributed by atoms with Crippen molar-refractivity contribution < 1.29 is 13.6 Å².